The Morgan fingerprint density at radius 1 is 1.03 bits per heavy atom. The van der Waals surface area contributed by atoms with Crippen molar-refractivity contribution in [2.45, 2.75) is 41.4 Å². The predicted molar refractivity (Wildman–Crippen MR) is 139 cm³/mol. The molecule has 5 nitrogen and oxygen atoms in total. The van der Waals surface area contributed by atoms with Gasteiger partial charge in [-0.2, -0.15) is 0 Å². The van der Waals surface area contributed by atoms with Crippen molar-refractivity contribution in [3.8, 4) is 0 Å². The van der Waals surface area contributed by atoms with Crippen LogP contribution in [0.3, 0.4) is 0 Å². The fraction of sp³-hybridized carbons (Fsp3) is 0.321. The molecule has 0 aliphatic heterocycles. The summed E-state index contributed by atoms with van der Waals surface area (Å²) in [6.07, 6.45) is 1.84. The maximum Gasteiger partial charge on any atom is 0.327 e. The van der Waals surface area contributed by atoms with E-state index in [4.69, 9.17) is 16.2 Å². The van der Waals surface area contributed by atoms with Crippen molar-refractivity contribution >= 4 is 34.8 Å². The summed E-state index contributed by atoms with van der Waals surface area (Å²) < 4.78 is 5.49. The lowest BCUT2D eigenvalue weighted by atomic mass is 9.74. The molecule has 0 heterocycles. The number of rotatable bonds is 7. The zero-order valence-corrected chi connectivity index (χ0v) is 20.1. The van der Waals surface area contributed by atoms with Crippen LogP contribution in [0.4, 0.5) is 17.1 Å². The molecule has 0 radical (unpaired) electrons. The van der Waals surface area contributed by atoms with Gasteiger partial charge in [0.1, 0.15) is 5.54 Å². The summed E-state index contributed by atoms with van der Waals surface area (Å²) in [4.78, 5) is 14.2. The Balaban J connectivity index is 1.42. The van der Waals surface area contributed by atoms with Gasteiger partial charge in [-0.25, -0.2) is 0 Å². The van der Waals surface area contributed by atoms with E-state index in [2.05, 4.69) is 41.7 Å². The Morgan fingerprint density at radius 3 is 2.53 bits per heavy atom. The van der Waals surface area contributed by atoms with Crippen molar-refractivity contribution in [3.05, 3.63) is 84.4 Å². The molecule has 2 saturated carbocycles. The number of fused-ring (bicyclic) bond motifs is 2. The first-order valence-corrected chi connectivity index (χ1v) is 12.8. The minimum Gasteiger partial charge on any atom is -0.465 e. The summed E-state index contributed by atoms with van der Waals surface area (Å²) >= 11 is 1.73. The third-order valence-electron chi connectivity index (χ3n) is 7.30. The minimum atomic E-state index is -0.961. The van der Waals surface area contributed by atoms with E-state index in [1.807, 2.05) is 49.4 Å². The quantitative estimate of drug-likeness (QED) is 0.308. The van der Waals surface area contributed by atoms with Gasteiger partial charge in [-0.3, -0.25) is 4.79 Å². The highest BCUT2D eigenvalue weighted by molar-refractivity contribution is 8.00. The van der Waals surface area contributed by atoms with E-state index in [1.54, 1.807) is 11.8 Å². The second kappa shape index (κ2) is 9.35. The van der Waals surface area contributed by atoms with E-state index in [1.165, 1.54) is 5.56 Å². The Bertz CT molecular complexity index is 1150. The molecule has 2 aliphatic carbocycles. The Kier molecular flexibility index (Phi) is 6.28. The number of nitrogens with two attached hydrogens (primary N) is 2. The molecular formula is C28H31N3O2S. The van der Waals surface area contributed by atoms with Crippen LogP contribution >= 0.6 is 11.8 Å². The highest BCUT2D eigenvalue weighted by Gasteiger charge is 2.64. The molecule has 3 aromatic carbocycles. The average molecular weight is 474 g/mol. The third-order valence-corrected chi connectivity index (χ3v) is 8.83. The van der Waals surface area contributed by atoms with E-state index in [0.29, 0.717) is 18.4 Å². The van der Waals surface area contributed by atoms with E-state index in [9.17, 15) is 4.79 Å². The Labute approximate surface area is 205 Å². The molecule has 0 aromatic heterocycles. The summed E-state index contributed by atoms with van der Waals surface area (Å²) in [5.74, 6) is 0.506. The summed E-state index contributed by atoms with van der Waals surface area (Å²) in [5, 5.41) is 3.45. The van der Waals surface area contributed by atoms with Gasteiger partial charge in [-0.05, 0) is 91.6 Å². The Hall–Kier alpha value is -2.96. The normalized spacial score (nSPS) is 27.5. The van der Waals surface area contributed by atoms with Gasteiger partial charge >= 0.3 is 5.97 Å². The average Bonchev–Trinajstić information content (AvgIpc) is 3.40. The third kappa shape index (κ3) is 4.17. The fourth-order valence-corrected chi connectivity index (χ4v) is 7.28. The molecule has 6 heteroatoms. The van der Waals surface area contributed by atoms with Crippen LogP contribution in [0.2, 0.25) is 0 Å². The van der Waals surface area contributed by atoms with E-state index in [0.717, 1.165) is 34.8 Å². The number of ether oxygens (including phenoxy) is 1. The van der Waals surface area contributed by atoms with Crippen molar-refractivity contribution in [1.82, 2.24) is 0 Å². The molecule has 5 rings (SSSR count). The van der Waals surface area contributed by atoms with Crippen LogP contribution in [-0.4, -0.2) is 23.4 Å². The summed E-state index contributed by atoms with van der Waals surface area (Å²) in [6, 6.07) is 26.6. The molecule has 0 spiro atoms. The molecule has 176 valence electrons. The zero-order chi connectivity index (χ0) is 23.7. The summed E-state index contributed by atoms with van der Waals surface area (Å²) in [7, 11) is 0. The number of nitrogen functional groups attached to an aromatic ring is 1. The first kappa shape index (κ1) is 22.8. The van der Waals surface area contributed by atoms with Crippen molar-refractivity contribution in [1.29, 1.82) is 0 Å². The number of nitrogens with one attached hydrogen (secondary N) is 1. The lowest BCUT2D eigenvalue weighted by Gasteiger charge is -2.41. The zero-order valence-electron chi connectivity index (χ0n) is 19.3. The second-order valence-electron chi connectivity index (χ2n) is 9.32. The number of carbonyl (C=O) groups excluding carboxylic acids is 1. The maximum atomic E-state index is 13.1. The van der Waals surface area contributed by atoms with Crippen molar-refractivity contribution < 1.29 is 9.53 Å². The summed E-state index contributed by atoms with van der Waals surface area (Å²) in [6.45, 7) is 2.19. The molecule has 5 atom stereocenters. The van der Waals surface area contributed by atoms with E-state index in [-0.39, 0.29) is 17.1 Å². The lowest BCUT2D eigenvalue weighted by molar-refractivity contribution is -0.151. The van der Waals surface area contributed by atoms with Crippen LogP contribution < -0.4 is 16.8 Å². The molecular weight excluding hydrogens is 442 g/mol. The van der Waals surface area contributed by atoms with Gasteiger partial charge < -0.3 is 21.5 Å². The SMILES string of the molecule is CCOC(=O)[C@@]1(N)[C@@H]2C[C@@H]([C@@H](c3cccc(Nc4ccc(N)cc4)c3)C2)[C@@H]1Sc1ccccc1. The molecule has 5 N–H and O–H groups in total. The first-order valence-electron chi connectivity index (χ1n) is 11.9. The van der Waals surface area contributed by atoms with Crippen LogP contribution in [0.25, 0.3) is 0 Å². The van der Waals surface area contributed by atoms with Gasteiger partial charge in [0.2, 0.25) is 0 Å². The highest BCUT2D eigenvalue weighted by Crippen LogP contribution is 2.61. The Morgan fingerprint density at radius 2 is 1.79 bits per heavy atom. The van der Waals surface area contributed by atoms with Crippen LogP contribution in [0.15, 0.2) is 83.8 Å². The molecule has 2 fully saturated rings. The molecule has 0 amide bonds. The van der Waals surface area contributed by atoms with Crippen molar-refractivity contribution in [2.75, 3.05) is 17.7 Å². The van der Waals surface area contributed by atoms with E-state index < -0.39 is 5.54 Å². The van der Waals surface area contributed by atoms with Gasteiger partial charge in [0.15, 0.2) is 0 Å². The van der Waals surface area contributed by atoms with Crippen LogP contribution in [0.1, 0.15) is 31.2 Å². The standard InChI is InChI=1S/C28H31N3O2S/c1-2-33-27(32)28(30)19-16-24(25(17-19)26(28)34-23-9-4-3-5-10-23)18-7-6-8-22(15-18)31-21-13-11-20(29)12-14-21/h3-15,19,24-26,31H,2,16-17,29-30H2,1H3/t19-,24+,25-,26-,28+/m0/s1. The van der Waals surface area contributed by atoms with Crippen LogP contribution in [0.5, 0.6) is 0 Å². The van der Waals surface area contributed by atoms with E-state index >= 15 is 0 Å². The monoisotopic (exact) mass is 473 g/mol. The largest absolute Gasteiger partial charge is 0.465 e. The number of thioether (sulfide) groups is 1. The first-order chi connectivity index (χ1) is 16.5. The minimum absolute atomic E-state index is 0.0357. The smallest absolute Gasteiger partial charge is 0.327 e. The number of esters is 1. The van der Waals surface area contributed by atoms with Crippen LogP contribution in [-0.2, 0) is 9.53 Å². The predicted octanol–water partition coefficient (Wildman–Crippen LogP) is 5.56. The van der Waals surface area contributed by atoms with Gasteiger partial charge in [0.05, 0.1) is 6.61 Å². The number of hydrogen-bond acceptors (Lipinski definition) is 6. The number of hydrogen-bond donors (Lipinski definition) is 3. The molecule has 2 bridgehead atoms. The number of anilines is 3. The molecule has 0 saturated heterocycles. The number of carbonyl (C=O) groups is 1. The molecule has 0 unspecified atom stereocenters. The summed E-state index contributed by atoms with van der Waals surface area (Å²) in [5.41, 5.74) is 15.9. The second-order valence-corrected chi connectivity index (χ2v) is 10.5. The molecule has 3 aromatic rings. The fourth-order valence-electron chi connectivity index (χ4n) is 5.71. The van der Waals surface area contributed by atoms with Crippen molar-refractivity contribution in [3.63, 3.8) is 0 Å². The maximum absolute atomic E-state index is 13.1. The van der Waals surface area contributed by atoms with Crippen LogP contribution in [0, 0.1) is 11.8 Å². The van der Waals surface area contributed by atoms with Crippen molar-refractivity contribution in [2.24, 2.45) is 17.6 Å². The van der Waals surface area contributed by atoms with Gasteiger partial charge in [-0.1, -0.05) is 30.3 Å². The van der Waals surface area contributed by atoms with Gasteiger partial charge in [0, 0.05) is 27.2 Å². The number of benzene rings is 3. The van der Waals surface area contributed by atoms with Gasteiger partial charge in [0.25, 0.3) is 0 Å². The lowest BCUT2D eigenvalue weighted by Crippen LogP contribution is -2.61. The highest BCUT2D eigenvalue weighted by atomic mass is 32.2. The molecule has 34 heavy (non-hydrogen) atoms. The topological polar surface area (TPSA) is 90.4 Å². The van der Waals surface area contributed by atoms with Gasteiger partial charge in [-0.15, -0.1) is 11.8 Å². The molecule has 2 aliphatic rings.